The highest BCUT2D eigenvalue weighted by Crippen LogP contribution is 2.23. The summed E-state index contributed by atoms with van der Waals surface area (Å²) in [4.78, 5) is 26.7. The first kappa shape index (κ1) is 20.8. The molecular weight excluding hydrogens is 374 g/mol. The average molecular weight is 400 g/mol. The predicted octanol–water partition coefficient (Wildman–Crippen LogP) is 1.97. The smallest absolute Gasteiger partial charge is 0.316 e. The van der Waals surface area contributed by atoms with Gasteiger partial charge in [-0.3, -0.25) is 9.59 Å². The van der Waals surface area contributed by atoms with Gasteiger partial charge in [0.05, 0.1) is 17.3 Å². The molecule has 0 unspecified atom stereocenters. The van der Waals surface area contributed by atoms with Gasteiger partial charge in [0.2, 0.25) is 0 Å². The van der Waals surface area contributed by atoms with Crippen molar-refractivity contribution in [2.24, 2.45) is 0 Å². The van der Waals surface area contributed by atoms with Gasteiger partial charge in [0.15, 0.2) is 16.4 Å². The van der Waals surface area contributed by atoms with Gasteiger partial charge in [-0.1, -0.05) is 17.7 Å². The van der Waals surface area contributed by atoms with Crippen molar-refractivity contribution in [3.8, 4) is 0 Å². The number of hydrogen-bond donors (Lipinski definition) is 0. The van der Waals surface area contributed by atoms with Crippen LogP contribution in [-0.4, -0.2) is 61.6 Å². The van der Waals surface area contributed by atoms with E-state index in [-0.39, 0.29) is 35.8 Å². The highest BCUT2D eigenvalue weighted by Gasteiger charge is 2.34. The molecule has 1 amide bonds. The Bertz CT molecular complexity index is 776. The third-order valence-electron chi connectivity index (χ3n) is 4.34. The van der Waals surface area contributed by atoms with Gasteiger partial charge in [0.25, 0.3) is 5.91 Å². The molecule has 2 rings (SSSR count). The maximum absolute atomic E-state index is 12.3. The van der Waals surface area contributed by atoms with E-state index in [9.17, 15) is 18.0 Å². The molecule has 0 aromatic heterocycles. The summed E-state index contributed by atoms with van der Waals surface area (Å²) >= 11 is 1.38. The summed E-state index contributed by atoms with van der Waals surface area (Å²) in [6.07, 6.45) is 0.443. The van der Waals surface area contributed by atoms with Crippen LogP contribution in [0.2, 0.25) is 0 Å². The largest absolute Gasteiger partial charge is 0.455 e. The Labute approximate surface area is 159 Å². The number of likely N-dealkylation sites (N-methyl/N-ethyl adjacent to an activating group) is 1. The average Bonchev–Trinajstić information content (AvgIpc) is 2.92. The molecule has 1 aliphatic heterocycles. The normalized spacial score (nSPS) is 18.5. The molecule has 0 saturated carbocycles. The Morgan fingerprint density at radius 3 is 2.62 bits per heavy atom. The second-order valence-corrected chi connectivity index (χ2v) is 9.70. The van der Waals surface area contributed by atoms with Crippen LogP contribution in [-0.2, 0) is 24.2 Å². The predicted molar refractivity (Wildman–Crippen MR) is 102 cm³/mol. The fourth-order valence-electron chi connectivity index (χ4n) is 3.02. The van der Waals surface area contributed by atoms with Gasteiger partial charge in [0.1, 0.15) is 0 Å². The number of carbonyl (C=O) groups is 2. The molecule has 1 fully saturated rings. The Hall–Kier alpha value is -1.54. The van der Waals surface area contributed by atoms with Crippen molar-refractivity contribution < 1.29 is 22.7 Å². The van der Waals surface area contributed by atoms with Gasteiger partial charge < -0.3 is 9.64 Å². The van der Waals surface area contributed by atoms with Crippen LogP contribution in [0.5, 0.6) is 0 Å². The fourth-order valence-corrected chi connectivity index (χ4v) is 5.56. The molecule has 144 valence electrons. The van der Waals surface area contributed by atoms with E-state index in [2.05, 4.69) is 0 Å². The molecule has 0 aliphatic carbocycles. The maximum Gasteiger partial charge on any atom is 0.316 e. The van der Waals surface area contributed by atoms with Crippen LogP contribution in [0.25, 0.3) is 0 Å². The van der Waals surface area contributed by atoms with Crippen molar-refractivity contribution in [2.45, 2.75) is 38.1 Å². The highest BCUT2D eigenvalue weighted by molar-refractivity contribution is 8.00. The van der Waals surface area contributed by atoms with E-state index in [4.69, 9.17) is 4.74 Å². The van der Waals surface area contributed by atoms with Crippen LogP contribution in [0.1, 0.15) is 24.5 Å². The first-order valence-corrected chi connectivity index (χ1v) is 11.4. The van der Waals surface area contributed by atoms with Crippen LogP contribution in [0.3, 0.4) is 0 Å². The standard InChI is InChI=1S/C18H25NO5S2/c1-4-19(15-7-8-26(22,23)12-15)17(20)10-24-18(21)11-25-16-6-5-13(2)9-14(16)3/h5-6,9,15H,4,7-8,10-12H2,1-3H3/t15-/m1/s1. The Balaban J connectivity index is 1.81. The number of benzene rings is 1. The molecule has 0 bridgehead atoms. The summed E-state index contributed by atoms with van der Waals surface area (Å²) in [5, 5.41) is 0. The van der Waals surface area contributed by atoms with Crippen LogP contribution < -0.4 is 0 Å². The zero-order valence-corrected chi connectivity index (χ0v) is 17.0. The fraction of sp³-hybridized carbons (Fsp3) is 0.556. The Kier molecular flexibility index (Phi) is 7.11. The number of sulfone groups is 1. The van der Waals surface area contributed by atoms with E-state index in [1.165, 1.54) is 16.7 Å². The number of esters is 1. The number of ether oxygens (including phenoxy) is 1. The van der Waals surface area contributed by atoms with Gasteiger partial charge >= 0.3 is 5.97 Å². The zero-order valence-electron chi connectivity index (χ0n) is 15.4. The molecule has 0 radical (unpaired) electrons. The molecule has 1 aromatic carbocycles. The van der Waals surface area contributed by atoms with E-state index in [0.29, 0.717) is 13.0 Å². The van der Waals surface area contributed by atoms with Crippen molar-refractivity contribution in [3.05, 3.63) is 29.3 Å². The Morgan fingerprint density at radius 2 is 2.04 bits per heavy atom. The van der Waals surface area contributed by atoms with E-state index in [1.54, 1.807) is 6.92 Å². The molecule has 26 heavy (non-hydrogen) atoms. The zero-order chi connectivity index (χ0) is 19.3. The topological polar surface area (TPSA) is 80.8 Å². The molecule has 0 N–H and O–H groups in total. The third kappa shape index (κ3) is 5.74. The third-order valence-corrected chi connectivity index (χ3v) is 7.24. The lowest BCUT2D eigenvalue weighted by atomic mass is 10.2. The van der Waals surface area contributed by atoms with Crippen LogP contribution in [0, 0.1) is 13.8 Å². The first-order chi connectivity index (χ1) is 12.2. The highest BCUT2D eigenvalue weighted by atomic mass is 32.2. The van der Waals surface area contributed by atoms with E-state index in [1.807, 2.05) is 32.0 Å². The number of carbonyl (C=O) groups excluding carboxylic acids is 2. The van der Waals surface area contributed by atoms with Gasteiger partial charge in [-0.05, 0) is 38.8 Å². The summed E-state index contributed by atoms with van der Waals surface area (Å²) in [6.45, 7) is 5.83. The molecule has 6 nitrogen and oxygen atoms in total. The number of hydrogen-bond acceptors (Lipinski definition) is 6. The molecule has 1 heterocycles. The van der Waals surface area contributed by atoms with Crippen LogP contribution >= 0.6 is 11.8 Å². The lowest BCUT2D eigenvalue weighted by Gasteiger charge is -2.26. The summed E-state index contributed by atoms with van der Waals surface area (Å²) in [5.74, 6) is -0.587. The Morgan fingerprint density at radius 1 is 1.31 bits per heavy atom. The van der Waals surface area contributed by atoms with Crippen molar-refractivity contribution in [2.75, 3.05) is 30.4 Å². The number of amides is 1. The number of thioether (sulfide) groups is 1. The second-order valence-electron chi connectivity index (χ2n) is 6.45. The molecule has 1 atom stereocenters. The SMILES string of the molecule is CCN(C(=O)COC(=O)CSc1ccc(C)cc1C)[C@@H]1CCS(=O)(=O)C1. The van der Waals surface area contributed by atoms with Crippen molar-refractivity contribution in [1.29, 1.82) is 0 Å². The van der Waals surface area contributed by atoms with Crippen molar-refractivity contribution in [3.63, 3.8) is 0 Å². The summed E-state index contributed by atoms with van der Waals surface area (Å²) in [7, 11) is -3.07. The van der Waals surface area contributed by atoms with Crippen LogP contribution in [0.15, 0.2) is 23.1 Å². The summed E-state index contributed by atoms with van der Waals surface area (Å²) in [6, 6.07) is 5.68. The molecule has 0 spiro atoms. The first-order valence-electron chi connectivity index (χ1n) is 8.57. The van der Waals surface area contributed by atoms with E-state index >= 15 is 0 Å². The molecule has 1 aliphatic rings. The van der Waals surface area contributed by atoms with Gasteiger partial charge in [-0.25, -0.2) is 8.42 Å². The summed E-state index contributed by atoms with van der Waals surface area (Å²) < 4.78 is 28.3. The van der Waals surface area contributed by atoms with E-state index < -0.39 is 15.8 Å². The molecular formula is C18H25NO5S2. The number of rotatable bonds is 7. The quantitative estimate of drug-likeness (QED) is 0.515. The van der Waals surface area contributed by atoms with Crippen LogP contribution in [0.4, 0.5) is 0 Å². The number of nitrogens with zero attached hydrogens (tertiary/aromatic N) is 1. The lowest BCUT2D eigenvalue weighted by molar-refractivity contribution is -0.150. The van der Waals surface area contributed by atoms with Crippen molar-refractivity contribution >= 4 is 33.5 Å². The van der Waals surface area contributed by atoms with Gasteiger partial charge in [-0.15, -0.1) is 11.8 Å². The number of aryl methyl sites for hydroxylation is 2. The summed E-state index contributed by atoms with van der Waals surface area (Å²) in [5.41, 5.74) is 2.26. The van der Waals surface area contributed by atoms with Gasteiger partial charge in [-0.2, -0.15) is 0 Å². The molecule has 8 heteroatoms. The minimum Gasteiger partial charge on any atom is -0.455 e. The minimum atomic E-state index is -3.07. The maximum atomic E-state index is 12.3. The second kappa shape index (κ2) is 8.90. The lowest BCUT2D eigenvalue weighted by Crippen LogP contribution is -2.43. The monoisotopic (exact) mass is 399 g/mol. The van der Waals surface area contributed by atoms with E-state index in [0.717, 1.165) is 16.0 Å². The molecule has 1 saturated heterocycles. The van der Waals surface area contributed by atoms with Crippen molar-refractivity contribution in [1.82, 2.24) is 4.90 Å². The van der Waals surface area contributed by atoms with Gasteiger partial charge in [0, 0.05) is 17.5 Å². The molecule has 1 aromatic rings. The minimum absolute atomic E-state index is 0.0108.